The number of nitrogens with zero attached hydrogens (tertiary/aromatic N) is 1. The van der Waals surface area contributed by atoms with Gasteiger partial charge in [-0.3, -0.25) is 0 Å². The Kier molecular flexibility index (Phi) is 5.06. The van der Waals surface area contributed by atoms with E-state index in [-0.39, 0.29) is 4.90 Å². The normalized spacial score (nSPS) is 20.2. The molecule has 0 aromatic heterocycles. The molecule has 0 bridgehead atoms. The van der Waals surface area contributed by atoms with Gasteiger partial charge in [0.2, 0.25) is 10.0 Å². The number of ether oxygens (including phenoxy) is 1. The molecule has 1 saturated heterocycles. The number of hydrogen-bond donors (Lipinski definition) is 1. The third kappa shape index (κ3) is 3.72. The molecule has 0 saturated carbocycles. The molecule has 20 heavy (non-hydrogen) atoms. The SMILES string of the molecule is COc1ccc(S(=O)(=O)NCC2CCN(C)C2)cc1Br. The van der Waals surface area contributed by atoms with Crippen LogP contribution in [0.2, 0.25) is 0 Å². The van der Waals surface area contributed by atoms with Crippen LogP contribution in [-0.4, -0.2) is 47.1 Å². The summed E-state index contributed by atoms with van der Waals surface area (Å²) in [5.74, 6) is 0.998. The minimum Gasteiger partial charge on any atom is -0.496 e. The quantitative estimate of drug-likeness (QED) is 0.865. The van der Waals surface area contributed by atoms with Gasteiger partial charge < -0.3 is 9.64 Å². The fraction of sp³-hybridized carbons (Fsp3) is 0.538. The summed E-state index contributed by atoms with van der Waals surface area (Å²) in [6, 6.07) is 4.75. The summed E-state index contributed by atoms with van der Waals surface area (Å²) in [6.07, 6.45) is 1.03. The van der Waals surface area contributed by atoms with Gasteiger partial charge in [0, 0.05) is 13.1 Å². The molecule has 0 aliphatic carbocycles. The first-order valence-electron chi connectivity index (χ1n) is 6.44. The highest BCUT2D eigenvalue weighted by atomic mass is 79.9. The average molecular weight is 363 g/mol. The van der Waals surface area contributed by atoms with Crippen molar-refractivity contribution in [2.24, 2.45) is 5.92 Å². The van der Waals surface area contributed by atoms with Crippen molar-refractivity contribution < 1.29 is 13.2 Å². The first kappa shape index (κ1) is 15.8. The van der Waals surface area contributed by atoms with Gasteiger partial charge in [0.1, 0.15) is 5.75 Å². The van der Waals surface area contributed by atoms with Crippen LogP contribution in [-0.2, 0) is 10.0 Å². The standard InChI is InChI=1S/C13H19BrN2O3S/c1-16-6-5-10(9-16)8-15-20(17,18)11-3-4-13(19-2)12(14)7-11/h3-4,7,10,15H,5-6,8-9H2,1-2H3. The van der Waals surface area contributed by atoms with Crippen molar-refractivity contribution in [3.05, 3.63) is 22.7 Å². The van der Waals surface area contributed by atoms with Gasteiger partial charge in [-0.2, -0.15) is 0 Å². The third-order valence-corrected chi connectivity index (χ3v) is 5.53. The number of rotatable bonds is 5. The van der Waals surface area contributed by atoms with E-state index < -0.39 is 10.0 Å². The van der Waals surface area contributed by atoms with Crippen LogP contribution in [0.15, 0.2) is 27.6 Å². The summed E-state index contributed by atoms with van der Waals surface area (Å²) in [6.45, 7) is 2.45. The smallest absolute Gasteiger partial charge is 0.240 e. The first-order chi connectivity index (χ1) is 9.42. The summed E-state index contributed by atoms with van der Waals surface area (Å²) >= 11 is 3.30. The van der Waals surface area contributed by atoms with Gasteiger partial charge in [-0.25, -0.2) is 13.1 Å². The fourth-order valence-corrected chi connectivity index (χ4v) is 4.15. The van der Waals surface area contributed by atoms with Crippen LogP contribution in [0.5, 0.6) is 5.75 Å². The maximum absolute atomic E-state index is 12.2. The molecule has 1 atom stereocenters. The Labute approximate surface area is 128 Å². The van der Waals surface area contributed by atoms with Gasteiger partial charge in [-0.05, 0) is 60.1 Å². The topological polar surface area (TPSA) is 58.6 Å². The molecule has 1 heterocycles. The number of hydrogen-bond acceptors (Lipinski definition) is 4. The van der Waals surface area contributed by atoms with Crippen molar-refractivity contribution in [1.29, 1.82) is 0 Å². The van der Waals surface area contributed by atoms with E-state index in [2.05, 4.69) is 32.6 Å². The maximum Gasteiger partial charge on any atom is 0.240 e. The van der Waals surface area contributed by atoms with Crippen molar-refractivity contribution >= 4 is 26.0 Å². The van der Waals surface area contributed by atoms with E-state index in [0.717, 1.165) is 19.5 Å². The van der Waals surface area contributed by atoms with E-state index in [4.69, 9.17) is 4.74 Å². The van der Waals surface area contributed by atoms with Crippen LogP contribution < -0.4 is 9.46 Å². The number of sulfonamides is 1. The van der Waals surface area contributed by atoms with Crippen LogP contribution in [0, 0.1) is 5.92 Å². The minimum atomic E-state index is -3.47. The Bertz CT molecular complexity index is 577. The van der Waals surface area contributed by atoms with Gasteiger partial charge >= 0.3 is 0 Å². The Morgan fingerprint density at radius 2 is 2.25 bits per heavy atom. The molecule has 0 spiro atoms. The fourth-order valence-electron chi connectivity index (χ4n) is 2.32. The molecule has 2 rings (SSSR count). The highest BCUT2D eigenvalue weighted by Crippen LogP contribution is 2.27. The lowest BCUT2D eigenvalue weighted by molar-refractivity contribution is 0.394. The number of halogens is 1. The first-order valence-corrected chi connectivity index (χ1v) is 8.72. The van der Waals surface area contributed by atoms with Gasteiger partial charge in [0.15, 0.2) is 0 Å². The third-order valence-electron chi connectivity index (χ3n) is 3.48. The molecule has 112 valence electrons. The van der Waals surface area contributed by atoms with E-state index in [1.807, 2.05) is 0 Å². The van der Waals surface area contributed by atoms with Crippen molar-refractivity contribution in [1.82, 2.24) is 9.62 Å². The Balaban J connectivity index is 2.04. The monoisotopic (exact) mass is 362 g/mol. The zero-order valence-corrected chi connectivity index (χ0v) is 14.0. The largest absolute Gasteiger partial charge is 0.496 e. The molecule has 1 aromatic rings. The Morgan fingerprint density at radius 1 is 1.50 bits per heavy atom. The zero-order valence-electron chi connectivity index (χ0n) is 11.6. The molecular weight excluding hydrogens is 344 g/mol. The second-order valence-corrected chi connectivity index (χ2v) is 7.69. The van der Waals surface area contributed by atoms with Crippen LogP contribution in [0.4, 0.5) is 0 Å². The predicted molar refractivity (Wildman–Crippen MR) is 81.5 cm³/mol. The Morgan fingerprint density at radius 3 is 2.80 bits per heavy atom. The molecule has 1 fully saturated rings. The van der Waals surface area contributed by atoms with Gasteiger partial charge in [0.25, 0.3) is 0 Å². The van der Waals surface area contributed by atoms with Gasteiger partial charge in [-0.1, -0.05) is 0 Å². The maximum atomic E-state index is 12.2. The van der Waals surface area contributed by atoms with Crippen LogP contribution >= 0.6 is 15.9 Å². The average Bonchev–Trinajstić information content (AvgIpc) is 2.82. The van der Waals surface area contributed by atoms with E-state index in [0.29, 0.717) is 22.7 Å². The van der Waals surface area contributed by atoms with Crippen molar-refractivity contribution in [3.63, 3.8) is 0 Å². The summed E-state index contributed by atoms with van der Waals surface area (Å²) < 4.78 is 32.9. The molecule has 1 aromatic carbocycles. The zero-order chi connectivity index (χ0) is 14.8. The second kappa shape index (κ2) is 6.43. The molecule has 0 radical (unpaired) electrons. The van der Waals surface area contributed by atoms with Crippen molar-refractivity contribution in [2.45, 2.75) is 11.3 Å². The van der Waals surface area contributed by atoms with Crippen LogP contribution in [0.25, 0.3) is 0 Å². The number of likely N-dealkylation sites (tertiary alicyclic amines) is 1. The predicted octanol–water partition coefficient (Wildman–Crippen LogP) is 1.69. The molecular formula is C13H19BrN2O3S. The molecule has 0 amide bonds. The minimum absolute atomic E-state index is 0.247. The van der Waals surface area contributed by atoms with Gasteiger partial charge in [0.05, 0.1) is 16.5 Å². The number of methoxy groups -OCH3 is 1. The lowest BCUT2D eigenvalue weighted by atomic mass is 10.1. The highest BCUT2D eigenvalue weighted by molar-refractivity contribution is 9.10. The summed E-state index contributed by atoms with van der Waals surface area (Å²) in [7, 11) is 0.129. The molecule has 7 heteroatoms. The van der Waals surface area contributed by atoms with E-state index in [1.54, 1.807) is 25.3 Å². The lowest BCUT2D eigenvalue weighted by Gasteiger charge is -2.13. The van der Waals surface area contributed by atoms with Crippen LogP contribution in [0.1, 0.15) is 6.42 Å². The number of benzene rings is 1. The summed E-state index contributed by atoms with van der Waals surface area (Å²) in [4.78, 5) is 2.46. The van der Waals surface area contributed by atoms with Gasteiger partial charge in [-0.15, -0.1) is 0 Å². The molecule has 1 aliphatic heterocycles. The van der Waals surface area contributed by atoms with E-state index in [1.165, 1.54) is 0 Å². The summed E-state index contributed by atoms with van der Waals surface area (Å²) in [5, 5.41) is 0. The molecule has 1 N–H and O–H groups in total. The van der Waals surface area contributed by atoms with E-state index in [9.17, 15) is 8.42 Å². The number of nitrogens with one attached hydrogen (secondary N) is 1. The van der Waals surface area contributed by atoms with E-state index >= 15 is 0 Å². The summed E-state index contributed by atoms with van der Waals surface area (Å²) in [5.41, 5.74) is 0. The lowest BCUT2D eigenvalue weighted by Crippen LogP contribution is -2.30. The Hall–Kier alpha value is -0.630. The molecule has 1 aliphatic rings. The highest BCUT2D eigenvalue weighted by Gasteiger charge is 2.22. The molecule has 1 unspecified atom stereocenters. The van der Waals surface area contributed by atoms with Crippen molar-refractivity contribution in [2.75, 3.05) is 33.8 Å². The van der Waals surface area contributed by atoms with Crippen LogP contribution in [0.3, 0.4) is 0 Å². The van der Waals surface area contributed by atoms with Crippen molar-refractivity contribution in [3.8, 4) is 5.75 Å². The second-order valence-electron chi connectivity index (χ2n) is 5.07. The molecule has 5 nitrogen and oxygen atoms in total.